The zero-order valence-corrected chi connectivity index (χ0v) is 11.3. The minimum Gasteiger partial charge on any atom is -0.480 e. The van der Waals surface area contributed by atoms with E-state index in [1.165, 1.54) is 11.8 Å². The van der Waals surface area contributed by atoms with Crippen LogP contribution in [0, 0.1) is 0 Å². The van der Waals surface area contributed by atoms with Crippen LogP contribution in [0.4, 0.5) is 0 Å². The third kappa shape index (κ3) is 3.04. The maximum Gasteiger partial charge on any atom is 0.326 e. The highest BCUT2D eigenvalue weighted by Crippen LogP contribution is 2.19. The summed E-state index contributed by atoms with van der Waals surface area (Å²) in [5, 5.41) is 9.06. The number of amides is 1. The van der Waals surface area contributed by atoms with Crippen molar-refractivity contribution in [2.45, 2.75) is 32.2 Å². The van der Waals surface area contributed by atoms with E-state index in [4.69, 9.17) is 5.11 Å². The number of hydrogen-bond acceptors (Lipinski definition) is 3. The highest BCUT2D eigenvalue weighted by Gasteiger charge is 2.33. The van der Waals surface area contributed by atoms with Crippen molar-refractivity contribution in [2.24, 2.45) is 0 Å². The number of carbonyl (C=O) groups excluding carboxylic acids is 2. The lowest BCUT2D eigenvalue weighted by Crippen LogP contribution is -2.41. The Morgan fingerprint density at radius 1 is 1.25 bits per heavy atom. The summed E-state index contributed by atoms with van der Waals surface area (Å²) in [7, 11) is 0. The van der Waals surface area contributed by atoms with Gasteiger partial charge in [-0.1, -0.05) is 24.3 Å². The third-order valence-corrected chi connectivity index (χ3v) is 3.57. The first kappa shape index (κ1) is 14.2. The molecule has 0 spiro atoms. The molecule has 1 aromatic rings. The summed E-state index contributed by atoms with van der Waals surface area (Å²) in [6.07, 6.45) is 1.41. The van der Waals surface area contributed by atoms with Crippen molar-refractivity contribution in [1.29, 1.82) is 0 Å². The summed E-state index contributed by atoms with van der Waals surface area (Å²) < 4.78 is 0. The molecule has 1 N–H and O–H groups in total. The van der Waals surface area contributed by atoms with Gasteiger partial charge in [-0.05, 0) is 25.3 Å². The van der Waals surface area contributed by atoms with Crippen molar-refractivity contribution in [1.82, 2.24) is 4.90 Å². The van der Waals surface area contributed by atoms with Gasteiger partial charge in [0.1, 0.15) is 6.04 Å². The molecule has 1 fully saturated rings. The first-order valence-electron chi connectivity index (χ1n) is 6.61. The molecule has 0 aliphatic carbocycles. The lowest BCUT2D eigenvalue weighted by molar-refractivity contribution is -0.148. The van der Waals surface area contributed by atoms with E-state index in [0.29, 0.717) is 18.5 Å². The smallest absolute Gasteiger partial charge is 0.326 e. The molecular formula is C15H17NO4. The maximum atomic E-state index is 12.1. The molecule has 1 atom stereocenters. The van der Waals surface area contributed by atoms with Gasteiger partial charge in [0.05, 0.1) is 6.42 Å². The molecule has 1 saturated heterocycles. The van der Waals surface area contributed by atoms with Crippen LogP contribution in [0.25, 0.3) is 0 Å². The molecule has 1 unspecified atom stereocenters. The van der Waals surface area contributed by atoms with Crippen LogP contribution in [0.15, 0.2) is 24.3 Å². The molecule has 1 heterocycles. The number of ketones is 1. The Kier molecular flexibility index (Phi) is 4.17. The van der Waals surface area contributed by atoms with E-state index < -0.39 is 12.0 Å². The second kappa shape index (κ2) is 5.86. The van der Waals surface area contributed by atoms with E-state index in [1.54, 1.807) is 24.3 Å². The van der Waals surface area contributed by atoms with E-state index in [2.05, 4.69) is 0 Å². The van der Waals surface area contributed by atoms with Crippen molar-refractivity contribution in [3.63, 3.8) is 0 Å². The Hall–Kier alpha value is -2.17. The molecular weight excluding hydrogens is 258 g/mol. The minimum absolute atomic E-state index is 0.0200. The number of hydrogen-bond donors (Lipinski definition) is 1. The van der Waals surface area contributed by atoms with Crippen molar-refractivity contribution >= 4 is 17.7 Å². The summed E-state index contributed by atoms with van der Waals surface area (Å²) >= 11 is 0. The van der Waals surface area contributed by atoms with Crippen molar-refractivity contribution in [3.8, 4) is 0 Å². The minimum atomic E-state index is -0.942. The van der Waals surface area contributed by atoms with Gasteiger partial charge in [0.25, 0.3) is 0 Å². The van der Waals surface area contributed by atoms with Gasteiger partial charge in [-0.2, -0.15) is 0 Å². The fourth-order valence-electron chi connectivity index (χ4n) is 2.46. The zero-order chi connectivity index (χ0) is 14.7. The van der Waals surface area contributed by atoms with Crippen molar-refractivity contribution < 1.29 is 19.5 Å². The Bertz CT molecular complexity index is 535. The zero-order valence-electron chi connectivity index (χ0n) is 11.3. The first-order valence-corrected chi connectivity index (χ1v) is 6.61. The van der Waals surface area contributed by atoms with Gasteiger partial charge >= 0.3 is 5.97 Å². The van der Waals surface area contributed by atoms with Crippen LogP contribution in [0.5, 0.6) is 0 Å². The second-order valence-corrected chi connectivity index (χ2v) is 5.01. The molecule has 5 nitrogen and oxygen atoms in total. The second-order valence-electron chi connectivity index (χ2n) is 5.01. The lowest BCUT2D eigenvalue weighted by atomic mass is 10.1. The summed E-state index contributed by atoms with van der Waals surface area (Å²) in [5.41, 5.74) is 1.39. The number of aliphatic carboxylic acids is 1. The third-order valence-electron chi connectivity index (χ3n) is 3.57. The van der Waals surface area contributed by atoms with E-state index in [0.717, 1.165) is 12.0 Å². The SMILES string of the molecule is CC(=O)c1ccc(CC(=O)N2CCCC2C(=O)O)cc1. The van der Waals surface area contributed by atoms with Gasteiger partial charge < -0.3 is 10.0 Å². The highest BCUT2D eigenvalue weighted by atomic mass is 16.4. The first-order chi connectivity index (χ1) is 9.49. The van der Waals surface area contributed by atoms with Crippen LogP contribution in [0.3, 0.4) is 0 Å². The van der Waals surface area contributed by atoms with Gasteiger partial charge in [0, 0.05) is 12.1 Å². The number of rotatable bonds is 4. The number of carbonyl (C=O) groups is 3. The molecule has 1 amide bonds. The number of nitrogens with zero attached hydrogens (tertiary/aromatic N) is 1. The summed E-state index contributed by atoms with van der Waals surface area (Å²) in [5.74, 6) is -1.14. The fraction of sp³-hybridized carbons (Fsp3) is 0.400. The normalized spacial score (nSPS) is 18.1. The molecule has 1 aliphatic heterocycles. The number of carboxylic acid groups (broad SMARTS) is 1. The Morgan fingerprint density at radius 3 is 2.45 bits per heavy atom. The number of carboxylic acids is 1. The molecule has 0 aromatic heterocycles. The molecule has 106 valence electrons. The Balaban J connectivity index is 2.04. The average molecular weight is 275 g/mol. The fourth-order valence-corrected chi connectivity index (χ4v) is 2.46. The summed E-state index contributed by atoms with van der Waals surface area (Å²) in [4.78, 5) is 35.8. The maximum absolute atomic E-state index is 12.1. The standard InChI is InChI=1S/C15H17NO4/c1-10(17)12-6-4-11(5-7-12)9-14(18)16-8-2-3-13(16)15(19)20/h4-7,13H,2-3,8-9H2,1H3,(H,19,20). The Labute approximate surface area is 117 Å². The lowest BCUT2D eigenvalue weighted by Gasteiger charge is -2.21. The highest BCUT2D eigenvalue weighted by molar-refractivity contribution is 5.94. The molecule has 1 aromatic carbocycles. The summed E-state index contributed by atoms with van der Waals surface area (Å²) in [6, 6.07) is 6.15. The molecule has 0 bridgehead atoms. The monoisotopic (exact) mass is 275 g/mol. The van der Waals surface area contributed by atoms with Gasteiger partial charge in [-0.3, -0.25) is 9.59 Å². The van der Waals surface area contributed by atoms with E-state index in [9.17, 15) is 14.4 Å². The molecule has 5 heteroatoms. The summed E-state index contributed by atoms with van der Waals surface area (Å²) in [6.45, 7) is 1.99. The predicted octanol–water partition coefficient (Wildman–Crippen LogP) is 1.51. The van der Waals surface area contributed by atoms with Crippen LogP contribution in [0.2, 0.25) is 0 Å². The number of benzene rings is 1. The van der Waals surface area contributed by atoms with Crippen LogP contribution >= 0.6 is 0 Å². The van der Waals surface area contributed by atoms with Gasteiger partial charge in [0.15, 0.2) is 5.78 Å². The largest absolute Gasteiger partial charge is 0.480 e. The topological polar surface area (TPSA) is 74.7 Å². The van der Waals surface area contributed by atoms with Gasteiger partial charge in [-0.15, -0.1) is 0 Å². The van der Waals surface area contributed by atoms with Crippen molar-refractivity contribution in [3.05, 3.63) is 35.4 Å². The van der Waals surface area contributed by atoms with E-state index in [1.807, 2.05) is 0 Å². The number of Topliss-reactive ketones (excluding diaryl/α,β-unsaturated/α-hetero) is 1. The van der Waals surface area contributed by atoms with Gasteiger partial charge in [0.2, 0.25) is 5.91 Å². The van der Waals surface area contributed by atoms with Crippen molar-refractivity contribution in [2.75, 3.05) is 6.54 Å². The van der Waals surface area contributed by atoms with Crippen LogP contribution < -0.4 is 0 Å². The van der Waals surface area contributed by atoms with Crippen LogP contribution in [-0.4, -0.2) is 40.3 Å². The average Bonchev–Trinajstić information content (AvgIpc) is 2.88. The number of likely N-dealkylation sites (tertiary alicyclic amines) is 1. The van der Waals surface area contributed by atoms with E-state index in [-0.39, 0.29) is 18.1 Å². The molecule has 20 heavy (non-hydrogen) atoms. The molecule has 0 saturated carbocycles. The molecule has 2 rings (SSSR count). The van der Waals surface area contributed by atoms with E-state index >= 15 is 0 Å². The Morgan fingerprint density at radius 2 is 1.90 bits per heavy atom. The van der Waals surface area contributed by atoms with Gasteiger partial charge in [-0.25, -0.2) is 4.79 Å². The quantitative estimate of drug-likeness (QED) is 0.845. The molecule has 0 radical (unpaired) electrons. The van der Waals surface area contributed by atoms with Crippen LogP contribution in [-0.2, 0) is 16.0 Å². The molecule has 1 aliphatic rings. The van der Waals surface area contributed by atoms with Crippen LogP contribution in [0.1, 0.15) is 35.7 Å². The predicted molar refractivity (Wildman–Crippen MR) is 72.5 cm³/mol.